The number of nitrogens with zero attached hydrogens (tertiary/aromatic N) is 2. The molecule has 1 aliphatic rings. The van der Waals surface area contributed by atoms with E-state index in [4.69, 9.17) is 14.7 Å². The van der Waals surface area contributed by atoms with Gasteiger partial charge in [-0.3, -0.25) is 4.90 Å². The first-order valence-electron chi connectivity index (χ1n) is 5.36. The molecule has 1 atom stereocenters. The first kappa shape index (κ1) is 12.4. The van der Waals surface area contributed by atoms with Crippen molar-refractivity contribution in [2.24, 2.45) is 0 Å². The zero-order chi connectivity index (χ0) is 11.3. The van der Waals surface area contributed by atoms with Crippen LogP contribution in [0, 0.1) is 11.3 Å². The summed E-state index contributed by atoms with van der Waals surface area (Å²) >= 11 is 0. The molecule has 86 valence electrons. The molecule has 0 aromatic rings. The van der Waals surface area contributed by atoms with E-state index in [0.29, 0.717) is 6.61 Å². The third-order valence-corrected chi connectivity index (χ3v) is 2.88. The Balaban J connectivity index is 2.30. The zero-order valence-corrected chi connectivity index (χ0v) is 9.82. The Morgan fingerprint density at radius 2 is 2.33 bits per heavy atom. The topological polar surface area (TPSA) is 45.5 Å². The predicted octanol–water partition coefficient (Wildman–Crippen LogP) is 1.03. The third kappa shape index (κ3) is 4.17. The van der Waals surface area contributed by atoms with Crippen molar-refractivity contribution in [1.82, 2.24) is 4.90 Å². The molecule has 15 heavy (non-hydrogen) atoms. The molecule has 1 rings (SSSR count). The van der Waals surface area contributed by atoms with Crippen molar-refractivity contribution in [3.8, 4) is 6.07 Å². The molecule has 1 aliphatic heterocycles. The second-order valence-electron chi connectivity index (χ2n) is 4.50. The SMILES string of the molecule is COC(C)(C)CCN1CCOC(C#N)C1. The maximum Gasteiger partial charge on any atom is 0.156 e. The van der Waals surface area contributed by atoms with Crippen molar-refractivity contribution in [2.75, 3.05) is 33.4 Å². The van der Waals surface area contributed by atoms with Gasteiger partial charge in [0.2, 0.25) is 0 Å². The maximum absolute atomic E-state index is 8.76. The van der Waals surface area contributed by atoms with Gasteiger partial charge >= 0.3 is 0 Å². The molecule has 0 bridgehead atoms. The minimum atomic E-state index is -0.260. The van der Waals surface area contributed by atoms with Gasteiger partial charge in [-0.2, -0.15) is 5.26 Å². The lowest BCUT2D eigenvalue weighted by Gasteiger charge is -2.32. The van der Waals surface area contributed by atoms with Gasteiger partial charge in [-0.25, -0.2) is 0 Å². The van der Waals surface area contributed by atoms with Gasteiger partial charge in [-0.1, -0.05) is 0 Å². The Morgan fingerprint density at radius 1 is 1.60 bits per heavy atom. The summed E-state index contributed by atoms with van der Waals surface area (Å²) in [6, 6.07) is 2.15. The number of hydrogen-bond acceptors (Lipinski definition) is 4. The van der Waals surface area contributed by atoms with Gasteiger partial charge in [0.15, 0.2) is 6.10 Å². The number of nitriles is 1. The van der Waals surface area contributed by atoms with Crippen LogP contribution in [-0.4, -0.2) is 50.0 Å². The Kier molecular flexibility index (Phi) is 4.52. The highest BCUT2D eigenvalue weighted by Crippen LogP contribution is 2.15. The molecular formula is C11H20N2O2. The highest BCUT2D eigenvalue weighted by Gasteiger charge is 2.23. The minimum absolute atomic E-state index is 0.0829. The Hall–Kier alpha value is -0.630. The molecule has 0 aromatic carbocycles. The number of rotatable bonds is 4. The zero-order valence-electron chi connectivity index (χ0n) is 9.82. The van der Waals surface area contributed by atoms with E-state index in [1.165, 1.54) is 0 Å². The number of morpholine rings is 1. The first-order chi connectivity index (χ1) is 7.07. The van der Waals surface area contributed by atoms with Crippen LogP contribution >= 0.6 is 0 Å². The van der Waals surface area contributed by atoms with Gasteiger partial charge in [-0.05, 0) is 20.3 Å². The van der Waals surface area contributed by atoms with Gasteiger partial charge in [0.1, 0.15) is 0 Å². The minimum Gasteiger partial charge on any atom is -0.379 e. The molecule has 1 heterocycles. The Bertz CT molecular complexity index is 235. The van der Waals surface area contributed by atoms with E-state index >= 15 is 0 Å². The normalized spacial score (nSPS) is 23.7. The van der Waals surface area contributed by atoms with Crippen molar-refractivity contribution >= 4 is 0 Å². The highest BCUT2D eigenvalue weighted by atomic mass is 16.5. The summed E-state index contributed by atoms with van der Waals surface area (Å²) in [6.45, 7) is 7.41. The number of hydrogen-bond donors (Lipinski definition) is 0. The molecule has 1 saturated heterocycles. The monoisotopic (exact) mass is 212 g/mol. The summed E-state index contributed by atoms with van der Waals surface area (Å²) in [6.07, 6.45) is 0.714. The summed E-state index contributed by atoms with van der Waals surface area (Å²) in [4.78, 5) is 2.26. The van der Waals surface area contributed by atoms with Crippen molar-refractivity contribution in [2.45, 2.75) is 32.0 Å². The lowest BCUT2D eigenvalue weighted by atomic mass is 10.0. The fraction of sp³-hybridized carbons (Fsp3) is 0.909. The average molecular weight is 212 g/mol. The van der Waals surface area contributed by atoms with E-state index in [1.54, 1.807) is 7.11 Å². The smallest absolute Gasteiger partial charge is 0.156 e. The second kappa shape index (κ2) is 5.45. The molecular weight excluding hydrogens is 192 g/mol. The highest BCUT2D eigenvalue weighted by molar-refractivity contribution is 4.89. The lowest BCUT2D eigenvalue weighted by molar-refractivity contribution is -0.0239. The molecule has 4 nitrogen and oxygen atoms in total. The third-order valence-electron chi connectivity index (χ3n) is 2.88. The van der Waals surface area contributed by atoms with E-state index in [9.17, 15) is 0 Å². The summed E-state index contributed by atoms with van der Waals surface area (Å²) < 4.78 is 10.6. The molecule has 0 amide bonds. The standard InChI is InChI=1S/C11H20N2O2/c1-11(2,14-3)4-5-13-6-7-15-10(8-12)9-13/h10H,4-7,9H2,1-3H3. The summed E-state index contributed by atoms with van der Waals surface area (Å²) in [5, 5.41) is 8.76. The van der Waals surface area contributed by atoms with Crippen LogP contribution < -0.4 is 0 Å². The van der Waals surface area contributed by atoms with Crippen molar-refractivity contribution in [3.05, 3.63) is 0 Å². The molecule has 1 unspecified atom stereocenters. The van der Waals surface area contributed by atoms with Gasteiger partial charge in [0.25, 0.3) is 0 Å². The molecule has 4 heteroatoms. The van der Waals surface area contributed by atoms with Gasteiger partial charge in [0.05, 0.1) is 18.3 Å². The van der Waals surface area contributed by atoms with Crippen LogP contribution in [0.15, 0.2) is 0 Å². The van der Waals surface area contributed by atoms with Crippen molar-refractivity contribution in [3.63, 3.8) is 0 Å². The van der Waals surface area contributed by atoms with Crippen molar-refractivity contribution in [1.29, 1.82) is 5.26 Å². The predicted molar refractivity (Wildman–Crippen MR) is 57.5 cm³/mol. The fourth-order valence-electron chi connectivity index (χ4n) is 1.51. The van der Waals surface area contributed by atoms with Crippen LogP contribution in [0.3, 0.4) is 0 Å². The summed E-state index contributed by atoms with van der Waals surface area (Å²) in [5.74, 6) is 0. The first-order valence-corrected chi connectivity index (χ1v) is 5.36. The van der Waals surface area contributed by atoms with E-state index in [-0.39, 0.29) is 11.7 Å². The second-order valence-corrected chi connectivity index (χ2v) is 4.50. The largest absolute Gasteiger partial charge is 0.379 e. The molecule has 0 radical (unpaired) electrons. The van der Waals surface area contributed by atoms with Gasteiger partial charge < -0.3 is 9.47 Å². The fourth-order valence-corrected chi connectivity index (χ4v) is 1.51. The molecule has 0 spiro atoms. The van der Waals surface area contributed by atoms with E-state index < -0.39 is 0 Å². The summed E-state index contributed by atoms with van der Waals surface area (Å²) in [5.41, 5.74) is -0.0829. The lowest BCUT2D eigenvalue weighted by Crippen LogP contribution is -2.43. The van der Waals surface area contributed by atoms with Crippen LogP contribution in [0.25, 0.3) is 0 Å². The number of ether oxygens (including phenoxy) is 2. The maximum atomic E-state index is 8.76. The Labute approximate surface area is 91.8 Å². The molecule has 0 saturated carbocycles. The van der Waals surface area contributed by atoms with E-state index in [0.717, 1.165) is 26.1 Å². The van der Waals surface area contributed by atoms with Crippen LogP contribution in [-0.2, 0) is 9.47 Å². The summed E-state index contributed by atoms with van der Waals surface area (Å²) in [7, 11) is 1.73. The molecule has 0 aliphatic carbocycles. The molecule has 0 N–H and O–H groups in total. The molecule has 0 aromatic heterocycles. The van der Waals surface area contributed by atoms with E-state index in [2.05, 4.69) is 24.8 Å². The van der Waals surface area contributed by atoms with Gasteiger partial charge in [-0.15, -0.1) is 0 Å². The van der Waals surface area contributed by atoms with Gasteiger partial charge in [0, 0.05) is 26.7 Å². The van der Waals surface area contributed by atoms with Crippen LogP contribution in [0.1, 0.15) is 20.3 Å². The number of methoxy groups -OCH3 is 1. The van der Waals surface area contributed by atoms with Crippen molar-refractivity contribution < 1.29 is 9.47 Å². The van der Waals surface area contributed by atoms with Crippen LogP contribution in [0.2, 0.25) is 0 Å². The Morgan fingerprint density at radius 3 is 2.93 bits per heavy atom. The van der Waals surface area contributed by atoms with Crippen LogP contribution in [0.5, 0.6) is 0 Å². The van der Waals surface area contributed by atoms with E-state index in [1.807, 2.05) is 0 Å². The average Bonchev–Trinajstić information content (AvgIpc) is 2.27. The quantitative estimate of drug-likeness (QED) is 0.698. The van der Waals surface area contributed by atoms with Crippen LogP contribution in [0.4, 0.5) is 0 Å². The molecule has 1 fully saturated rings.